The molecule has 1 aliphatic heterocycles. The fourth-order valence-electron chi connectivity index (χ4n) is 5.25. The number of carbonyl (C=O) groups excluding carboxylic acids is 2. The first-order chi connectivity index (χ1) is 21.7. The van der Waals surface area contributed by atoms with Crippen LogP contribution in [0.25, 0.3) is 15.8 Å². The zero-order valence-corrected chi connectivity index (χ0v) is 25.9. The molecule has 4 N–H and O–H groups in total. The molecule has 13 heteroatoms. The number of fused-ring (bicyclic) bond motifs is 4. The molecule has 0 radical (unpaired) electrons. The third-order valence-corrected chi connectivity index (χ3v) is 8.93. The van der Waals surface area contributed by atoms with E-state index in [9.17, 15) is 19.8 Å². The highest BCUT2D eigenvalue weighted by molar-refractivity contribution is 7.19. The molecule has 1 atom stereocenters. The van der Waals surface area contributed by atoms with Gasteiger partial charge < -0.3 is 25.6 Å². The van der Waals surface area contributed by atoms with E-state index in [-0.39, 0.29) is 36.3 Å². The first kappa shape index (κ1) is 30.1. The normalized spacial score (nSPS) is 13.8. The summed E-state index contributed by atoms with van der Waals surface area (Å²) in [4.78, 5) is 31.7. The highest BCUT2D eigenvalue weighted by Gasteiger charge is 2.30. The Morgan fingerprint density at radius 2 is 1.82 bits per heavy atom. The molecule has 6 rings (SSSR count). The summed E-state index contributed by atoms with van der Waals surface area (Å²) >= 11 is 7.52. The van der Waals surface area contributed by atoms with Crippen LogP contribution in [0.3, 0.4) is 0 Å². The van der Waals surface area contributed by atoms with Gasteiger partial charge in [0.15, 0.2) is 17.3 Å². The van der Waals surface area contributed by atoms with Crippen molar-refractivity contribution in [3.05, 3.63) is 93.3 Å². The van der Waals surface area contributed by atoms with E-state index in [1.165, 1.54) is 17.4 Å². The van der Waals surface area contributed by atoms with Crippen LogP contribution in [0.5, 0.6) is 17.2 Å². The highest BCUT2D eigenvalue weighted by atomic mass is 35.5. The number of benzene rings is 3. The van der Waals surface area contributed by atoms with Crippen molar-refractivity contribution >= 4 is 50.5 Å². The summed E-state index contributed by atoms with van der Waals surface area (Å²) < 4.78 is 7.99. The first-order valence-corrected chi connectivity index (χ1v) is 15.3. The minimum absolute atomic E-state index is 0.0637. The molecule has 0 spiro atoms. The number of phenolic OH excluding ortho intramolecular Hbond substituents is 2. The molecule has 0 fully saturated rings. The number of aryl methyl sites for hydroxylation is 1. The molecule has 45 heavy (non-hydrogen) atoms. The standard InChI is InChI=1S/C32H29ClN6O5S/c1-17-37-38-32-24(36-29(18-3-6-20(33)7-4-18)23-14-21(44-2)8-9-25(23)39(17)32)15-27(41)35-16-28(42)34-12-11-22-13-19-5-10-26(40)30(43)31(19)45-22/h3-10,13-14,24,40,43H,11-12,15-16H2,1-2H3,(H,34,42)(H,35,41)/t24-/m0/s1. The predicted octanol–water partition coefficient (Wildman–Crippen LogP) is 4.62. The number of nitrogens with one attached hydrogen (secondary N) is 2. The third kappa shape index (κ3) is 6.19. The van der Waals surface area contributed by atoms with Crippen LogP contribution in [0.1, 0.15) is 40.1 Å². The van der Waals surface area contributed by atoms with Crippen LogP contribution in [0, 0.1) is 6.92 Å². The van der Waals surface area contributed by atoms with Crippen LogP contribution in [-0.2, 0) is 16.0 Å². The van der Waals surface area contributed by atoms with Crippen LogP contribution >= 0.6 is 22.9 Å². The van der Waals surface area contributed by atoms with Gasteiger partial charge in [0.05, 0.1) is 36.2 Å². The van der Waals surface area contributed by atoms with Crippen molar-refractivity contribution in [2.24, 2.45) is 4.99 Å². The second kappa shape index (κ2) is 12.6. The summed E-state index contributed by atoms with van der Waals surface area (Å²) in [6, 6.07) is 17.4. The van der Waals surface area contributed by atoms with Crippen molar-refractivity contribution in [1.29, 1.82) is 0 Å². The molecule has 5 aromatic rings. The van der Waals surface area contributed by atoms with Crippen LogP contribution in [0.2, 0.25) is 5.02 Å². The molecular formula is C32H29ClN6O5S. The number of aromatic nitrogens is 3. The van der Waals surface area contributed by atoms with Crippen molar-refractivity contribution in [3.8, 4) is 22.9 Å². The number of amides is 2. The van der Waals surface area contributed by atoms with Gasteiger partial charge in [-0.25, -0.2) is 0 Å². The number of aliphatic imine (C=N–C) groups is 1. The molecule has 0 bridgehead atoms. The molecule has 0 aliphatic carbocycles. The summed E-state index contributed by atoms with van der Waals surface area (Å²) in [7, 11) is 1.60. The molecule has 0 saturated carbocycles. The number of phenols is 2. The van der Waals surface area contributed by atoms with Gasteiger partial charge in [0.25, 0.3) is 0 Å². The fraction of sp³-hybridized carbons (Fsp3) is 0.219. The van der Waals surface area contributed by atoms with Crippen LogP contribution in [0.4, 0.5) is 0 Å². The van der Waals surface area contributed by atoms with E-state index in [4.69, 9.17) is 21.3 Å². The van der Waals surface area contributed by atoms with Gasteiger partial charge in [-0.15, -0.1) is 21.5 Å². The van der Waals surface area contributed by atoms with Crippen molar-refractivity contribution < 1.29 is 24.5 Å². The van der Waals surface area contributed by atoms with Crippen molar-refractivity contribution in [1.82, 2.24) is 25.4 Å². The van der Waals surface area contributed by atoms with Crippen LogP contribution in [-0.4, -0.2) is 62.7 Å². The lowest BCUT2D eigenvalue weighted by Gasteiger charge is -2.14. The molecule has 11 nitrogen and oxygen atoms in total. The molecule has 0 saturated heterocycles. The summed E-state index contributed by atoms with van der Waals surface area (Å²) in [5.74, 6) is 0.764. The number of hydrogen-bond acceptors (Lipinski definition) is 9. The minimum atomic E-state index is -0.692. The zero-order valence-electron chi connectivity index (χ0n) is 24.4. The van der Waals surface area contributed by atoms with E-state index < -0.39 is 6.04 Å². The van der Waals surface area contributed by atoms with E-state index in [1.54, 1.807) is 25.3 Å². The minimum Gasteiger partial charge on any atom is -0.504 e. The number of methoxy groups -OCH3 is 1. The second-order valence-electron chi connectivity index (χ2n) is 10.5. The lowest BCUT2D eigenvalue weighted by molar-refractivity contribution is -0.126. The van der Waals surface area contributed by atoms with E-state index in [2.05, 4.69) is 20.8 Å². The maximum atomic E-state index is 13.2. The fourth-order valence-corrected chi connectivity index (χ4v) is 6.47. The van der Waals surface area contributed by atoms with E-state index in [1.807, 2.05) is 47.9 Å². The monoisotopic (exact) mass is 644 g/mol. The topological polar surface area (TPSA) is 151 Å². The molecule has 3 aromatic carbocycles. The Balaban J connectivity index is 1.16. The van der Waals surface area contributed by atoms with Gasteiger partial charge in [-0.3, -0.25) is 19.1 Å². The summed E-state index contributed by atoms with van der Waals surface area (Å²) in [6.45, 7) is 1.98. The molecular weight excluding hydrogens is 616 g/mol. The number of rotatable bonds is 9. The number of carbonyl (C=O) groups is 2. The van der Waals surface area contributed by atoms with E-state index in [0.717, 1.165) is 27.1 Å². The van der Waals surface area contributed by atoms with E-state index in [0.29, 0.717) is 45.8 Å². The van der Waals surface area contributed by atoms with Gasteiger partial charge in [-0.2, -0.15) is 0 Å². The molecule has 2 amide bonds. The first-order valence-electron chi connectivity index (χ1n) is 14.1. The van der Waals surface area contributed by atoms with Gasteiger partial charge in [-0.05, 0) is 67.3 Å². The summed E-state index contributed by atoms with van der Waals surface area (Å²) in [6.07, 6.45) is 0.468. The number of thiophene rings is 1. The molecule has 230 valence electrons. The Morgan fingerprint density at radius 3 is 2.60 bits per heavy atom. The highest BCUT2D eigenvalue weighted by Crippen LogP contribution is 2.39. The Morgan fingerprint density at radius 1 is 1.02 bits per heavy atom. The Labute approximate surface area is 267 Å². The number of halogens is 1. The molecule has 2 aromatic heterocycles. The van der Waals surface area contributed by atoms with Crippen molar-refractivity contribution in [2.75, 3.05) is 20.2 Å². The largest absolute Gasteiger partial charge is 0.504 e. The number of ether oxygens (including phenoxy) is 1. The average molecular weight is 645 g/mol. The molecule has 3 heterocycles. The van der Waals surface area contributed by atoms with Crippen molar-refractivity contribution in [3.63, 3.8) is 0 Å². The SMILES string of the molecule is COc1ccc2c(c1)C(c1ccc(Cl)cc1)=N[C@@H](CC(=O)NCC(=O)NCCc1cc3ccc(O)c(O)c3s1)c1nnc(C)n1-2. The molecule has 0 unspecified atom stereocenters. The summed E-state index contributed by atoms with van der Waals surface area (Å²) in [5, 5.41) is 35.4. The quantitative estimate of drug-likeness (QED) is 0.171. The molecule has 1 aliphatic rings. The van der Waals surface area contributed by atoms with Gasteiger partial charge in [0.2, 0.25) is 11.8 Å². The van der Waals surface area contributed by atoms with Gasteiger partial charge in [-0.1, -0.05) is 23.7 Å². The second-order valence-corrected chi connectivity index (χ2v) is 12.0. The maximum Gasteiger partial charge on any atom is 0.239 e. The van der Waals surface area contributed by atoms with E-state index >= 15 is 0 Å². The van der Waals surface area contributed by atoms with Gasteiger partial charge >= 0.3 is 0 Å². The average Bonchev–Trinajstić information content (AvgIpc) is 3.60. The zero-order chi connectivity index (χ0) is 31.7. The number of nitrogens with zero attached hydrogens (tertiary/aromatic N) is 4. The van der Waals surface area contributed by atoms with Crippen molar-refractivity contribution in [2.45, 2.75) is 25.8 Å². The number of aromatic hydroxyl groups is 2. The number of hydrogen-bond donors (Lipinski definition) is 4. The smallest absolute Gasteiger partial charge is 0.239 e. The van der Waals surface area contributed by atoms with Gasteiger partial charge in [0.1, 0.15) is 17.6 Å². The predicted molar refractivity (Wildman–Crippen MR) is 172 cm³/mol. The van der Waals surface area contributed by atoms with Gasteiger partial charge in [0, 0.05) is 27.6 Å². The lowest BCUT2D eigenvalue weighted by atomic mass is 10.00. The van der Waals surface area contributed by atoms with Crippen LogP contribution in [0.15, 0.2) is 65.7 Å². The Bertz CT molecular complexity index is 1950. The summed E-state index contributed by atoms with van der Waals surface area (Å²) in [5.41, 5.74) is 3.04. The van der Waals surface area contributed by atoms with Crippen LogP contribution < -0.4 is 15.4 Å². The maximum absolute atomic E-state index is 13.2. The Kier molecular flexibility index (Phi) is 8.42. The third-order valence-electron chi connectivity index (χ3n) is 7.46. The lowest BCUT2D eigenvalue weighted by Crippen LogP contribution is -2.38. The Hall–Kier alpha value is -4.94.